The summed E-state index contributed by atoms with van der Waals surface area (Å²) < 4.78 is 15.0. The Morgan fingerprint density at radius 2 is 2.22 bits per heavy atom. The number of carbonyl (C=O) groups excluding carboxylic acids is 1. The molecule has 0 radical (unpaired) electrons. The number of carbonyl (C=O) groups is 1. The molecule has 0 aliphatic heterocycles. The predicted octanol–water partition coefficient (Wildman–Crippen LogP) is 2.80. The molecule has 0 bridgehead atoms. The van der Waals surface area contributed by atoms with Gasteiger partial charge in [0.15, 0.2) is 5.82 Å². The number of rotatable bonds is 6. The van der Waals surface area contributed by atoms with Crippen molar-refractivity contribution in [2.24, 2.45) is 0 Å². The van der Waals surface area contributed by atoms with Crippen LogP contribution in [0.1, 0.15) is 37.5 Å². The summed E-state index contributed by atoms with van der Waals surface area (Å²) in [7, 11) is 0. The van der Waals surface area contributed by atoms with Gasteiger partial charge in [-0.3, -0.25) is 4.79 Å². The highest BCUT2D eigenvalue weighted by atomic mass is 32.2. The van der Waals surface area contributed by atoms with E-state index in [0.717, 1.165) is 18.7 Å². The van der Waals surface area contributed by atoms with Crippen molar-refractivity contribution in [3.8, 4) is 0 Å². The normalized spacial score (nSPS) is 15.0. The Bertz CT molecular complexity index is 671. The summed E-state index contributed by atoms with van der Waals surface area (Å²) in [6.45, 7) is 0. The Kier molecular flexibility index (Phi) is 5.22. The Balaban J connectivity index is 1.48. The summed E-state index contributed by atoms with van der Waals surface area (Å²) >= 11 is 1.45. The molecule has 1 saturated carbocycles. The van der Waals surface area contributed by atoms with Crippen LogP contribution in [-0.2, 0) is 10.5 Å². The number of tetrazole rings is 1. The quantitative estimate of drug-likeness (QED) is 0.879. The summed E-state index contributed by atoms with van der Waals surface area (Å²) in [4.78, 5) is 11.9. The lowest BCUT2D eigenvalue weighted by Gasteiger charge is -2.11. The van der Waals surface area contributed by atoms with Crippen LogP contribution < -0.4 is 5.32 Å². The Hall–Kier alpha value is -1.96. The lowest BCUT2D eigenvalue weighted by molar-refractivity contribution is -0.113. The maximum Gasteiger partial charge on any atom is 0.234 e. The molecule has 6 nitrogen and oxygen atoms in total. The van der Waals surface area contributed by atoms with Gasteiger partial charge < -0.3 is 5.32 Å². The van der Waals surface area contributed by atoms with E-state index >= 15 is 0 Å². The van der Waals surface area contributed by atoms with Crippen LogP contribution >= 0.6 is 11.8 Å². The summed E-state index contributed by atoms with van der Waals surface area (Å²) in [6, 6.07) is 6.25. The second kappa shape index (κ2) is 7.54. The highest BCUT2D eigenvalue weighted by molar-refractivity contribution is 7.99. The molecule has 0 spiro atoms. The van der Waals surface area contributed by atoms with Gasteiger partial charge >= 0.3 is 0 Å². The van der Waals surface area contributed by atoms with Crippen LogP contribution in [0.5, 0.6) is 0 Å². The molecule has 1 N–H and O–H groups in total. The second-order valence-corrected chi connectivity index (χ2v) is 6.51. The molecule has 1 heterocycles. The number of nitrogens with zero attached hydrogens (tertiary/aromatic N) is 4. The fourth-order valence-corrected chi connectivity index (χ4v) is 3.47. The van der Waals surface area contributed by atoms with E-state index in [4.69, 9.17) is 0 Å². The van der Waals surface area contributed by atoms with Crippen LogP contribution in [-0.4, -0.2) is 31.9 Å². The molecule has 122 valence electrons. The number of thioether (sulfide) groups is 1. The number of nitrogens with one attached hydrogen (secondary N) is 1. The van der Waals surface area contributed by atoms with Crippen molar-refractivity contribution in [2.75, 3.05) is 11.1 Å². The van der Waals surface area contributed by atoms with Crippen LogP contribution in [0, 0.1) is 5.82 Å². The minimum atomic E-state index is -0.369. The number of benzene rings is 1. The third-order valence-electron chi connectivity index (χ3n) is 3.80. The molecule has 1 aliphatic carbocycles. The first-order valence-corrected chi connectivity index (χ1v) is 8.78. The van der Waals surface area contributed by atoms with Gasteiger partial charge in [-0.1, -0.05) is 18.9 Å². The van der Waals surface area contributed by atoms with E-state index in [1.54, 1.807) is 12.1 Å². The molecule has 1 aromatic carbocycles. The summed E-state index contributed by atoms with van der Waals surface area (Å²) in [5.41, 5.74) is 0.464. The molecule has 23 heavy (non-hydrogen) atoms. The topological polar surface area (TPSA) is 72.7 Å². The fraction of sp³-hybridized carbons (Fsp3) is 0.467. The smallest absolute Gasteiger partial charge is 0.234 e. The predicted molar refractivity (Wildman–Crippen MR) is 86.5 cm³/mol. The van der Waals surface area contributed by atoms with Gasteiger partial charge in [0.2, 0.25) is 5.91 Å². The summed E-state index contributed by atoms with van der Waals surface area (Å²) in [5, 5.41) is 14.6. The minimum absolute atomic E-state index is 0.166. The third kappa shape index (κ3) is 4.28. The molecule has 3 rings (SSSR count). The molecule has 8 heteroatoms. The van der Waals surface area contributed by atoms with Crippen molar-refractivity contribution in [2.45, 2.75) is 37.5 Å². The van der Waals surface area contributed by atoms with Crippen molar-refractivity contribution in [3.63, 3.8) is 0 Å². The number of anilines is 1. The second-order valence-electron chi connectivity index (χ2n) is 5.53. The molecular weight excluding hydrogens is 317 g/mol. The zero-order valence-corrected chi connectivity index (χ0v) is 13.4. The van der Waals surface area contributed by atoms with Crippen molar-refractivity contribution in [1.82, 2.24) is 20.2 Å². The van der Waals surface area contributed by atoms with E-state index in [0.29, 0.717) is 17.5 Å². The minimum Gasteiger partial charge on any atom is -0.325 e. The van der Waals surface area contributed by atoms with E-state index in [2.05, 4.69) is 20.8 Å². The number of amides is 1. The average molecular weight is 335 g/mol. The first-order chi connectivity index (χ1) is 11.2. The van der Waals surface area contributed by atoms with Gasteiger partial charge in [0.25, 0.3) is 0 Å². The number of hydrogen-bond acceptors (Lipinski definition) is 5. The lowest BCUT2D eigenvalue weighted by atomic mass is 10.2. The van der Waals surface area contributed by atoms with Gasteiger partial charge in [-0.05, 0) is 41.5 Å². The molecule has 2 aromatic rings. The zero-order valence-electron chi connectivity index (χ0n) is 12.6. The average Bonchev–Trinajstić information content (AvgIpc) is 3.17. The van der Waals surface area contributed by atoms with Crippen molar-refractivity contribution >= 4 is 23.4 Å². The van der Waals surface area contributed by atoms with Crippen molar-refractivity contribution in [3.05, 3.63) is 35.9 Å². The first-order valence-electron chi connectivity index (χ1n) is 7.62. The molecule has 0 unspecified atom stereocenters. The van der Waals surface area contributed by atoms with Crippen LogP contribution in [0.4, 0.5) is 10.1 Å². The van der Waals surface area contributed by atoms with Gasteiger partial charge in [-0.25, -0.2) is 9.07 Å². The largest absolute Gasteiger partial charge is 0.325 e. The molecule has 0 saturated heterocycles. The van der Waals surface area contributed by atoms with Gasteiger partial charge in [-0.2, -0.15) is 0 Å². The lowest BCUT2D eigenvalue weighted by Crippen LogP contribution is -2.15. The van der Waals surface area contributed by atoms with Crippen LogP contribution in [0.2, 0.25) is 0 Å². The number of aromatic nitrogens is 4. The Morgan fingerprint density at radius 1 is 1.39 bits per heavy atom. The molecule has 1 amide bonds. The van der Waals surface area contributed by atoms with E-state index in [1.807, 2.05) is 4.68 Å². The maximum atomic E-state index is 13.1. The SMILES string of the molecule is O=C(CSCc1nnnn1C1CCCC1)Nc1cccc(F)c1. The van der Waals surface area contributed by atoms with E-state index in [9.17, 15) is 9.18 Å². The van der Waals surface area contributed by atoms with E-state index in [1.165, 1.54) is 36.7 Å². The number of hydrogen-bond donors (Lipinski definition) is 1. The van der Waals surface area contributed by atoms with E-state index in [-0.39, 0.29) is 17.5 Å². The number of halogens is 1. The van der Waals surface area contributed by atoms with Gasteiger partial charge in [0.05, 0.1) is 17.5 Å². The maximum absolute atomic E-state index is 13.1. The highest BCUT2D eigenvalue weighted by Gasteiger charge is 2.21. The van der Waals surface area contributed by atoms with Crippen LogP contribution in [0.3, 0.4) is 0 Å². The van der Waals surface area contributed by atoms with Crippen LogP contribution in [0.15, 0.2) is 24.3 Å². The molecule has 1 fully saturated rings. The Morgan fingerprint density at radius 3 is 3.00 bits per heavy atom. The molecule has 1 aromatic heterocycles. The Labute approximate surface area is 137 Å². The fourth-order valence-electron chi connectivity index (χ4n) is 2.74. The van der Waals surface area contributed by atoms with Crippen molar-refractivity contribution in [1.29, 1.82) is 0 Å². The summed E-state index contributed by atoms with van der Waals surface area (Å²) in [5.74, 6) is 1.13. The third-order valence-corrected chi connectivity index (χ3v) is 4.73. The van der Waals surface area contributed by atoms with E-state index < -0.39 is 0 Å². The molecular formula is C15H18FN5OS. The molecule has 0 atom stereocenters. The van der Waals surface area contributed by atoms with Crippen molar-refractivity contribution < 1.29 is 9.18 Å². The standard InChI is InChI=1S/C15H18FN5OS/c16-11-4-3-5-12(8-11)17-15(22)10-23-9-14-18-19-20-21(14)13-6-1-2-7-13/h3-5,8,13H,1-2,6-7,9-10H2,(H,17,22). The first kappa shape index (κ1) is 15.9. The van der Waals surface area contributed by atoms with Gasteiger partial charge in [-0.15, -0.1) is 16.9 Å². The zero-order chi connectivity index (χ0) is 16.1. The van der Waals surface area contributed by atoms with Gasteiger partial charge in [0, 0.05) is 5.69 Å². The molecule has 1 aliphatic rings. The monoisotopic (exact) mass is 335 g/mol. The highest BCUT2D eigenvalue weighted by Crippen LogP contribution is 2.29. The summed E-state index contributed by atoms with van der Waals surface area (Å²) in [6.07, 6.45) is 4.66. The van der Waals surface area contributed by atoms with Gasteiger partial charge in [0.1, 0.15) is 5.82 Å². The van der Waals surface area contributed by atoms with Crippen LogP contribution in [0.25, 0.3) is 0 Å².